The smallest absolute Gasteiger partial charge is 0.338 e. The lowest BCUT2D eigenvalue weighted by Crippen LogP contribution is -2.59. The Morgan fingerprint density at radius 1 is 1.08 bits per heavy atom. The van der Waals surface area contributed by atoms with Crippen LogP contribution in [0.4, 0.5) is 0 Å². The topological polar surface area (TPSA) is 67.9 Å². The molecule has 0 spiro atoms. The van der Waals surface area contributed by atoms with Gasteiger partial charge in [0.1, 0.15) is 0 Å². The van der Waals surface area contributed by atoms with Crippen LogP contribution < -0.4 is 5.32 Å². The lowest BCUT2D eigenvalue weighted by Gasteiger charge is -2.48. The maximum Gasteiger partial charge on any atom is 0.338 e. The van der Waals surface area contributed by atoms with Crippen molar-refractivity contribution in [2.24, 2.45) is 0 Å². The summed E-state index contributed by atoms with van der Waals surface area (Å²) in [5.41, 5.74) is 0.471. The highest BCUT2D eigenvalue weighted by Crippen LogP contribution is 2.33. The van der Waals surface area contributed by atoms with Gasteiger partial charge in [0.15, 0.2) is 6.61 Å². The summed E-state index contributed by atoms with van der Waals surface area (Å²) in [6, 6.07) is 8.72. The molecular weight excluding hydrogens is 332 g/mol. The maximum absolute atomic E-state index is 12.2. The molecule has 1 amide bonds. The van der Waals surface area contributed by atoms with Gasteiger partial charge >= 0.3 is 5.97 Å². The predicted octanol–water partition coefficient (Wildman–Crippen LogP) is 1.99. The van der Waals surface area contributed by atoms with Crippen LogP contribution in [-0.4, -0.2) is 61.8 Å². The quantitative estimate of drug-likeness (QED) is 0.786. The van der Waals surface area contributed by atoms with Crippen molar-refractivity contribution in [3.8, 4) is 0 Å². The molecule has 0 unspecified atom stereocenters. The van der Waals surface area contributed by atoms with E-state index in [-0.39, 0.29) is 18.1 Å². The number of carbonyl (C=O) groups is 2. The third-order valence-electron chi connectivity index (χ3n) is 5.42. The van der Waals surface area contributed by atoms with Crippen molar-refractivity contribution in [3.05, 3.63) is 35.9 Å². The highest BCUT2D eigenvalue weighted by molar-refractivity contribution is 5.91. The van der Waals surface area contributed by atoms with Crippen molar-refractivity contribution in [3.63, 3.8) is 0 Å². The molecule has 1 aliphatic heterocycles. The minimum Gasteiger partial charge on any atom is -0.452 e. The number of rotatable bonds is 6. The van der Waals surface area contributed by atoms with E-state index in [1.165, 1.54) is 19.3 Å². The number of carbonyl (C=O) groups excluding carboxylic acids is 2. The van der Waals surface area contributed by atoms with Gasteiger partial charge in [0.05, 0.1) is 18.8 Å². The summed E-state index contributed by atoms with van der Waals surface area (Å²) in [7, 11) is 0. The van der Waals surface area contributed by atoms with Gasteiger partial charge in [-0.1, -0.05) is 37.5 Å². The van der Waals surface area contributed by atoms with Gasteiger partial charge in [-0.15, -0.1) is 0 Å². The minimum absolute atomic E-state index is 0.0150. The van der Waals surface area contributed by atoms with Crippen LogP contribution in [0.1, 0.15) is 42.5 Å². The van der Waals surface area contributed by atoms with Crippen molar-refractivity contribution < 1.29 is 19.1 Å². The van der Waals surface area contributed by atoms with Gasteiger partial charge in [0.2, 0.25) is 0 Å². The molecule has 1 aliphatic carbocycles. The van der Waals surface area contributed by atoms with E-state index in [4.69, 9.17) is 9.47 Å². The molecule has 1 heterocycles. The number of nitrogens with zero attached hydrogens (tertiary/aromatic N) is 1. The number of nitrogens with one attached hydrogen (secondary N) is 1. The first-order chi connectivity index (χ1) is 12.7. The van der Waals surface area contributed by atoms with Crippen molar-refractivity contribution in [1.29, 1.82) is 0 Å². The summed E-state index contributed by atoms with van der Waals surface area (Å²) < 4.78 is 10.6. The van der Waals surface area contributed by atoms with Crippen LogP contribution in [0, 0.1) is 0 Å². The number of esters is 1. The SMILES string of the molecule is O=C(COC(=O)c1ccccc1)NCC1(N2CCOCC2)CCCCC1. The van der Waals surface area contributed by atoms with E-state index in [2.05, 4.69) is 10.2 Å². The van der Waals surface area contributed by atoms with Gasteiger partial charge in [-0.3, -0.25) is 9.69 Å². The highest BCUT2D eigenvalue weighted by Gasteiger charge is 2.38. The summed E-state index contributed by atoms with van der Waals surface area (Å²) in [5.74, 6) is -0.714. The lowest BCUT2D eigenvalue weighted by atomic mass is 9.79. The van der Waals surface area contributed by atoms with Gasteiger partial charge in [-0.2, -0.15) is 0 Å². The molecule has 2 fully saturated rings. The average molecular weight is 360 g/mol. The Hall–Kier alpha value is -1.92. The second-order valence-electron chi connectivity index (χ2n) is 7.10. The zero-order valence-electron chi connectivity index (χ0n) is 15.2. The van der Waals surface area contributed by atoms with E-state index in [0.29, 0.717) is 12.1 Å². The molecule has 6 nitrogen and oxygen atoms in total. The largest absolute Gasteiger partial charge is 0.452 e. The molecule has 26 heavy (non-hydrogen) atoms. The van der Waals surface area contributed by atoms with Gasteiger partial charge in [0.25, 0.3) is 5.91 Å². The van der Waals surface area contributed by atoms with Crippen molar-refractivity contribution >= 4 is 11.9 Å². The zero-order valence-corrected chi connectivity index (χ0v) is 15.2. The molecule has 2 aliphatic rings. The summed E-state index contributed by atoms with van der Waals surface area (Å²) in [4.78, 5) is 26.6. The standard InChI is InChI=1S/C20H28N2O4/c23-18(15-26-19(24)17-7-3-1-4-8-17)21-16-20(9-5-2-6-10-20)22-11-13-25-14-12-22/h1,3-4,7-8H,2,5-6,9-16H2,(H,21,23). The number of hydrogen-bond acceptors (Lipinski definition) is 5. The Morgan fingerprint density at radius 2 is 1.77 bits per heavy atom. The third kappa shape index (κ3) is 4.83. The molecule has 1 aromatic carbocycles. The molecule has 1 saturated carbocycles. The number of hydrogen-bond donors (Lipinski definition) is 1. The zero-order chi connectivity index (χ0) is 18.2. The van der Waals surface area contributed by atoms with E-state index in [1.807, 2.05) is 6.07 Å². The second kappa shape index (κ2) is 9.14. The van der Waals surface area contributed by atoms with Gasteiger partial charge in [0, 0.05) is 25.2 Å². The first kappa shape index (κ1) is 18.9. The highest BCUT2D eigenvalue weighted by atomic mass is 16.5. The van der Waals surface area contributed by atoms with E-state index >= 15 is 0 Å². The Morgan fingerprint density at radius 3 is 2.46 bits per heavy atom. The maximum atomic E-state index is 12.2. The second-order valence-corrected chi connectivity index (χ2v) is 7.10. The average Bonchev–Trinajstić information content (AvgIpc) is 2.72. The van der Waals surface area contributed by atoms with E-state index in [9.17, 15) is 9.59 Å². The van der Waals surface area contributed by atoms with Crippen LogP contribution in [0.15, 0.2) is 30.3 Å². The summed E-state index contributed by atoms with van der Waals surface area (Å²) in [6.07, 6.45) is 5.83. The number of amides is 1. The normalized spacial score (nSPS) is 20.3. The Balaban J connectivity index is 1.50. The molecule has 0 bridgehead atoms. The van der Waals surface area contributed by atoms with Crippen molar-refractivity contribution in [1.82, 2.24) is 10.2 Å². The van der Waals surface area contributed by atoms with E-state index < -0.39 is 5.97 Å². The molecular formula is C20H28N2O4. The lowest BCUT2D eigenvalue weighted by molar-refractivity contribution is -0.125. The number of benzene rings is 1. The van der Waals surface area contributed by atoms with E-state index in [0.717, 1.165) is 39.1 Å². The molecule has 0 aromatic heterocycles. The molecule has 1 saturated heterocycles. The molecule has 0 atom stereocenters. The van der Waals surface area contributed by atoms with Crippen LogP contribution in [0.3, 0.4) is 0 Å². The number of morpholine rings is 1. The first-order valence-corrected chi connectivity index (χ1v) is 9.51. The Labute approximate surface area is 154 Å². The first-order valence-electron chi connectivity index (χ1n) is 9.51. The summed E-state index contributed by atoms with van der Waals surface area (Å²) in [5, 5.41) is 3.00. The Bertz CT molecular complexity index is 593. The Kier molecular flexibility index (Phi) is 6.63. The van der Waals surface area contributed by atoms with Crippen molar-refractivity contribution in [2.75, 3.05) is 39.5 Å². The van der Waals surface area contributed by atoms with Crippen LogP contribution in [0.2, 0.25) is 0 Å². The predicted molar refractivity (Wildman–Crippen MR) is 97.9 cm³/mol. The van der Waals surface area contributed by atoms with Gasteiger partial charge < -0.3 is 14.8 Å². The third-order valence-corrected chi connectivity index (χ3v) is 5.42. The van der Waals surface area contributed by atoms with Crippen LogP contribution in [-0.2, 0) is 14.3 Å². The molecule has 1 aromatic rings. The van der Waals surface area contributed by atoms with Crippen molar-refractivity contribution in [2.45, 2.75) is 37.6 Å². The number of ether oxygens (including phenoxy) is 2. The molecule has 0 radical (unpaired) electrons. The van der Waals surface area contributed by atoms with Gasteiger partial charge in [-0.05, 0) is 25.0 Å². The van der Waals surface area contributed by atoms with Crippen LogP contribution in [0.25, 0.3) is 0 Å². The molecule has 142 valence electrons. The summed E-state index contributed by atoms with van der Waals surface area (Å²) in [6.45, 7) is 3.70. The fourth-order valence-corrected chi connectivity index (χ4v) is 3.96. The minimum atomic E-state index is -0.471. The fraction of sp³-hybridized carbons (Fsp3) is 0.600. The summed E-state index contributed by atoms with van der Waals surface area (Å²) >= 11 is 0. The fourth-order valence-electron chi connectivity index (χ4n) is 3.96. The van der Waals surface area contributed by atoms with Gasteiger partial charge in [-0.25, -0.2) is 4.79 Å². The van der Waals surface area contributed by atoms with E-state index in [1.54, 1.807) is 24.3 Å². The molecule has 6 heteroatoms. The molecule has 1 N–H and O–H groups in total. The van der Waals surface area contributed by atoms with Crippen LogP contribution in [0.5, 0.6) is 0 Å². The van der Waals surface area contributed by atoms with Crippen LogP contribution >= 0.6 is 0 Å². The molecule has 3 rings (SSSR count). The monoisotopic (exact) mass is 360 g/mol.